The van der Waals surface area contributed by atoms with Crippen molar-refractivity contribution >= 4 is 0 Å². The first-order valence-corrected chi connectivity index (χ1v) is 4.00. The Bertz CT molecular complexity index is 185. The predicted molar refractivity (Wildman–Crippen MR) is 41.3 cm³/mol. The maximum absolute atomic E-state index is 12.5. The number of ether oxygens (including phenoxy) is 1. The fourth-order valence-electron chi connectivity index (χ4n) is 1.55. The maximum atomic E-state index is 12.5. The number of rotatable bonds is 1. The zero-order valence-corrected chi connectivity index (χ0v) is 8.68. The van der Waals surface area contributed by atoms with Gasteiger partial charge in [-0.25, -0.2) is 0 Å². The molecule has 0 N–H and O–H groups in total. The quantitative estimate of drug-likeness (QED) is 0.635. The van der Waals surface area contributed by atoms with E-state index in [-0.39, 0.29) is 0 Å². The summed E-state index contributed by atoms with van der Waals surface area (Å²) in [6, 6.07) is 0. The van der Waals surface area contributed by atoms with E-state index in [2.05, 4.69) is 4.74 Å². The van der Waals surface area contributed by atoms with Crippen LogP contribution in [-0.2, 0) is 4.74 Å². The van der Waals surface area contributed by atoms with Crippen molar-refractivity contribution < 1.29 is 31.1 Å². The maximum Gasteiger partial charge on any atom is 0.427 e. The summed E-state index contributed by atoms with van der Waals surface area (Å²) in [6.45, 7) is 2.49. The first-order valence-electron chi connectivity index (χ1n) is 4.00. The van der Waals surface area contributed by atoms with Crippen LogP contribution >= 0.6 is 0 Å². The molecule has 0 bridgehead atoms. The summed E-state index contributed by atoms with van der Waals surface area (Å²) in [7, 11) is 0.409. The Balaban J connectivity index is 5.78. The summed E-state index contributed by atoms with van der Waals surface area (Å²) in [5, 5.41) is 0. The van der Waals surface area contributed by atoms with Gasteiger partial charge < -0.3 is 4.74 Å². The van der Waals surface area contributed by atoms with Gasteiger partial charge in [-0.3, -0.25) is 0 Å². The van der Waals surface area contributed by atoms with E-state index >= 15 is 0 Å². The van der Waals surface area contributed by atoms with E-state index in [0.29, 0.717) is 7.11 Å². The number of halogens is 6. The van der Waals surface area contributed by atoms with Crippen LogP contribution in [0.4, 0.5) is 26.3 Å². The third kappa shape index (κ3) is 2.07. The van der Waals surface area contributed by atoms with Crippen molar-refractivity contribution in [3.63, 3.8) is 0 Å². The molecule has 0 aliphatic heterocycles. The van der Waals surface area contributed by atoms with E-state index in [1.165, 1.54) is 0 Å². The van der Waals surface area contributed by atoms with Crippen molar-refractivity contribution in [2.75, 3.05) is 7.11 Å². The third-order valence-corrected chi connectivity index (χ3v) is 2.16. The lowest BCUT2D eigenvalue weighted by atomic mass is 9.75. The van der Waals surface area contributed by atoms with Crippen LogP contribution in [-0.4, -0.2) is 25.1 Å². The smallest absolute Gasteiger partial charge is 0.361 e. The molecule has 0 aliphatic rings. The van der Waals surface area contributed by atoms with E-state index in [1.807, 2.05) is 0 Å². The molecule has 0 radical (unpaired) electrons. The van der Waals surface area contributed by atoms with E-state index < -0.39 is 23.4 Å². The summed E-state index contributed by atoms with van der Waals surface area (Å²) in [5.41, 5.74) is -6.29. The summed E-state index contributed by atoms with van der Waals surface area (Å²) in [6.07, 6.45) is -11.0. The van der Waals surface area contributed by atoms with Gasteiger partial charge in [-0.15, -0.1) is 0 Å². The Morgan fingerprint density at radius 1 is 0.733 bits per heavy atom. The first-order chi connectivity index (χ1) is 6.31. The topological polar surface area (TPSA) is 9.23 Å². The average molecular weight is 238 g/mol. The molecule has 0 saturated carbocycles. The molecule has 0 aromatic heterocycles. The zero-order valence-electron chi connectivity index (χ0n) is 8.68. The standard InChI is InChI=1S/C8H12F6O/c1-5(2,3)6(15-4,7(9,10)11)8(12,13)14/h1-4H3. The first kappa shape index (κ1) is 14.5. The molecular formula is C8H12F6O. The second-order valence-electron chi connectivity index (χ2n) is 4.13. The molecule has 15 heavy (non-hydrogen) atoms. The van der Waals surface area contributed by atoms with E-state index in [1.54, 1.807) is 0 Å². The normalized spacial score (nSPS) is 15.6. The lowest BCUT2D eigenvalue weighted by Crippen LogP contribution is -2.65. The summed E-state index contributed by atoms with van der Waals surface area (Å²) >= 11 is 0. The summed E-state index contributed by atoms with van der Waals surface area (Å²) in [5.74, 6) is 0. The molecule has 92 valence electrons. The van der Waals surface area contributed by atoms with Gasteiger partial charge in [0.05, 0.1) is 0 Å². The average Bonchev–Trinajstić information content (AvgIpc) is 1.76. The Morgan fingerprint density at radius 2 is 1.00 bits per heavy atom. The molecule has 0 aliphatic carbocycles. The lowest BCUT2D eigenvalue weighted by molar-refractivity contribution is -0.404. The predicted octanol–water partition coefficient (Wildman–Crippen LogP) is 3.54. The van der Waals surface area contributed by atoms with Gasteiger partial charge in [0.25, 0.3) is 5.60 Å². The van der Waals surface area contributed by atoms with Crippen molar-refractivity contribution in [1.82, 2.24) is 0 Å². The number of alkyl halides is 6. The van der Waals surface area contributed by atoms with Gasteiger partial charge in [-0.2, -0.15) is 26.3 Å². The Kier molecular flexibility index (Phi) is 3.43. The van der Waals surface area contributed by atoms with Gasteiger partial charge in [0.1, 0.15) is 0 Å². The van der Waals surface area contributed by atoms with Crippen molar-refractivity contribution in [1.29, 1.82) is 0 Å². The van der Waals surface area contributed by atoms with Crippen LogP contribution in [0.2, 0.25) is 0 Å². The van der Waals surface area contributed by atoms with Crippen LogP contribution in [0.25, 0.3) is 0 Å². The highest BCUT2D eigenvalue weighted by atomic mass is 19.4. The van der Waals surface area contributed by atoms with Gasteiger partial charge in [-0.05, 0) is 0 Å². The Morgan fingerprint density at radius 3 is 1.00 bits per heavy atom. The largest absolute Gasteiger partial charge is 0.427 e. The fraction of sp³-hybridized carbons (Fsp3) is 1.00. The van der Waals surface area contributed by atoms with Crippen molar-refractivity contribution in [3.05, 3.63) is 0 Å². The molecule has 0 aromatic carbocycles. The minimum atomic E-state index is -5.52. The van der Waals surface area contributed by atoms with Crippen LogP contribution < -0.4 is 0 Å². The molecule has 0 spiro atoms. The monoisotopic (exact) mass is 238 g/mol. The minimum absolute atomic E-state index is 0.409. The van der Waals surface area contributed by atoms with Crippen LogP contribution in [0.15, 0.2) is 0 Å². The number of hydrogen-bond acceptors (Lipinski definition) is 1. The molecule has 7 heteroatoms. The van der Waals surface area contributed by atoms with Crippen LogP contribution in [0, 0.1) is 5.41 Å². The molecular weight excluding hydrogens is 226 g/mol. The van der Waals surface area contributed by atoms with Crippen LogP contribution in [0.5, 0.6) is 0 Å². The van der Waals surface area contributed by atoms with Crippen molar-refractivity contribution in [2.45, 2.75) is 38.7 Å². The van der Waals surface area contributed by atoms with Crippen molar-refractivity contribution in [2.24, 2.45) is 5.41 Å². The molecule has 0 atom stereocenters. The Hall–Kier alpha value is -0.460. The van der Waals surface area contributed by atoms with Gasteiger partial charge in [-0.1, -0.05) is 20.8 Å². The lowest BCUT2D eigenvalue weighted by Gasteiger charge is -2.45. The summed E-state index contributed by atoms with van der Waals surface area (Å²) < 4.78 is 78.9. The van der Waals surface area contributed by atoms with Crippen LogP contribution in [0.1, 0.15) is 20.8 Å². The second kappa shape index (κ2) is 3.54. The molecule has 1 nitrogen and oxygen atoms in total. The summed E-state index contributed by atoms with van der Waals surface area (Å²) in [4.78, 5) is 0. The molecule has 0 unspecified atom stereocenters. The highest BCUT2D eigenvalue weighted by molar-refractivity contribution is 5.04. The molecule has 0 aromatic rings. The zero-order chi connectivity index (χ0) is 12.7. The number of hydrogen-bond donors (Lipinski definition) is 0. The molecule has 0 heterocycles. The van der Waals surface area contributed by atoms with E-state index in [4.69, 9.17) is 0 Å². The van der Waals surface area contributed by atoms with Crippen molar-refractivity contribution in [3.8, 4) is 0 Å². The second-order valence-corrected chi connectivity index (χ2v) is 4.13. The Labute approximate surface area is 83.4 Å². The van der Waals surface area contributed by atoms with Gasteiger partial charge >= 0.3 is 12.4 Å². The minimum Gasteiger partial charge on any atom is -0.361 e. The van der Waals surface area contributed by atoms with E-state index in [9.17, 15) is 26.3 Å². The highest BCUT2D eigenvalue weighted by Crippen LogP contribution is 2.54. The van der Waals surface area contributed by atoms with Gasteiger partial charge in [0, 0.05) is 12.5 Å². The molecule has 0 fully saturated rings. The van der Waals surface area contributed by atoms with Gasteiger partial charge in [0.2, 0.25) is 0 Å². The number of methoxy groups -OCH3 is 1. The molecule has 0 saturated heterocycles. The van der Waals surface area contributed by atoms with Crippen LogP contribution in [0.3, 0.4) is 0 Å². The molecule has 0 amide bonds. The molecule has 0 rings (SSSR count). The van der Waals surface area contributed by atoms with Gasteiger partial charge in [0.15, 0.2) is 0 Å². The van der Waals surface area contributed by atoms with E-state index in [0.717, 1.165) is 20.8 Å². The highest BCUT2D eigenvalue weighted by Gasteiger charge is 2.76. The third-order valence-electron chi connectivity index (χ3n) is 2.16. The SMILES string of the molecule is COC(C(C)(C)C)(C(F)(F)F)C(F)(F)F. The fourth-order valence-corrected chi connectivity index (χ4v) is 1.55.